The van der Waals surface area contributed by atoms with Gasteiger partial charge in [-0.05, 0) is 25.0 Å². The molecule has 3 N–H and O–H groups in total. The maximum atomic E-state index is 12.7. The third kappa shape index (κ3) is 4.43. The van der Waals surface area contributed by atoms with Gasteiger partial charge in [0.05, 0.1) is 18.3 Å². The Morgan fingerprint density at radius 1 is 1.37 bits per heavy atom. The van der Waals surface area contributed by atoms with Crippen molar-refractivity contribution >= 4 is 23.4 Å². The number of rotatable bonds is 7. The van der Waals surface area contributed by atoms with E-state index in [4.69, 9.17) is 11.6 Å². The Morgan fingerprint density at radius 3 is 2.70 bits per heavy atom. The number of hydrogen-bond acceptors (Lipinski definition) is 6. The Morgan fingerprint density at radius 2 is 2.07 bits per heavy atom. The Balaban J connectivity index is 1.54. The first-order valence-electron chi connectivity index (χ1n) is 10.2. The van der Waals surface area contributed by atoms with Gasteiger partial charge in [0.2, 0.25) is 5.91 Å². The smallest absolute Gasteiger partial charge is 0.269 e. The lowest BCUT2D eigenvalue weighted by Crippen LogP contribution is -2.61. The van der Waals surface area contributed by atoms with Crippen LogP contribution in [0.25, 0.3) is 0 Å². The highest BCUT2D eigenvalue weighted by Crippen LogP contribution is 2.32. The minimum Gasteiger partial charge on any atom is -0.506 e. The van der Waals surface area contributed by atoms with E-state index in [2.05, 4.69) is 24.1 Å². The van der Waals surface area contributed by atoms with E-state index in [1.165, 1.54) is 6.08 Å². The maximum Gasteiger partial charge on any atom is 0.269 e. The topological polar surface area (TPSA) is 88.2 Å². The van der Waals surface area contributed by atoms with Crippen LogP contribution >= 0.6 is 11.6 Å². The summed E-state index contributed by atoms with van der Waals surface area (Å²) in [4.78, 5) is 29.8. The minimum absolute atomic E-state index is 0.0509. The van der Waals surface area contributed by atoms with E-state index in [0.717, 1.165) is 12.1 Å². The van der Waals surface area contributed by atoms with Crippen molar-refractivity contribution in [2.75, 3.05) is 33.7 Å². The van der Waals surface area contributed by atoms with Crippen molar-refractivity contribution in [3.63, 3.8) is 0 Å². The minimum atomic E-state index is -0.164. The number of hydrogen-bond donors (Lipinski definition) is 3. The number of nitrogens with one attached hydrogen (secondary N) is 2. The second-order valence-electron chi connectivity index (χ2n) is 7.97. The van der Waals surface area contributed by atoms with Crippen molar-refractivity contribution in [1.29, 1.82) is 0 Å². The SMILES string of the molecule is C=CC(=O)N1CC(NC(=O)C2=CN(C)C(CNC3=C(O)C=C(Cl)C(CC)C3)N2C)C1. The van der Waals surface area contributed by atoms with Gasteiger partial charge in [0.1, 0.15) is 17.6 Å². The van der Waals surface area contributed by atoms with Crippen LogP contribution in [0.4, 0.5) is 0 Å². The molecule has 0 saturated carbocycles. The van der Waals surface area contributed by atoms with Crippen LogP contribution in [0.3, 0.4) is 0 Å². The molecule has 3 rings (SSSR count). The molecule has 0 aromatic rings. The molecule has 8 nitrogen and oxygen atoms in total. The molecule has 2 atom stereocenters. The summed E-state index contributed by atoms with van der Waals surface area (Å²) < 4.78 is 0. The van der Waals surface area contributed by atoms with Crippen LogP contribution < -0.4 is 10.6 Å². The molecule has 164 valence electrons. The molecule has 0 spiro atoms. The predicted octanol–water partition coefficient (Wildman–Crippen LogP) is 1.46. The number of aliphatic hydroxyl groups is 1. The van der Waals surface area contributed by atoms with Gasteiger partial charge in [-0.25, -0.2) is 0 Å². The Bertz CT molecular complexity index is 815. The lowest BCUT2D eigenvalue weighted by Gasteiger charge is -2.39. The second-order valence-corrected chi connectivity index (χ2v) is 8.41. The number of likely N-dealkylation sites (N-methyl/N-ethyl adjacent to an activating group) is 2. The molecule has 1 fully saturated rings. The molecule has 2 amide bonds. The maximum absolute atomic E-state index is 12.7. The molecular weight excluding hydrogens is 406 g/mol. The Kier molecular flexibility index (Phi) is 6.65. The molecular formula is C21H30ClN5O3. The van der Waals surface area contributed by atoms with Crippen LogP contribution in [0.5, 0.6) is 0 Å². The fourth-order valence-electron chi connectivity index (χ4n) is 3.94. The van der Waals surface area contributed by atoms with Crippen molar-refractivity contribution in [2.24, 2.45) is 5.92 Å². The molecule has 0 aromatic heterocycles. The largest absolute Gasteiger partial charge is 0.506 e. The van der Waals surface area contributed by atoms with Crippen molar-refractivity contribution in [3.05, 3.63) is 47.1 Å². The number of allylic oxidation sites excluding steroid dienone is 3. The van der Waals surface area contributed by atoms with Crippen LogP contribution in [-0.2, 0) is 9.59 Å². The predicted molar refractivity (Wildman–Crippen MR) is 116 cm³/mol. The molecule has 2 unspecified atom stereocenters. The van der Waals surface area contributed by atoms with Crippen molar-refractivity contribution in [1.82, 2.24) is 25.3 Å². The van der Waals surface area contributed by atoms with Crippen LogP contribution in [0.15, 0.2) is 47.1 Å². The fraction of sp³-hybridized carbons (Fsp3) is 0.524. The summed E-state index contributed by atoms with van der Waals surface area (Å²) in [6, 6.07) is -0.0509. The highest BCUT2D eigenvalue weighted by Gasteiger charge is 2.35. The van der Waals surface area contributed by atoms with Crippen molar-refractivity contribution in [2.45, 2.75) is 32.0 Å². The van der Waals surface area contributed by atoms with Gasteiger partial charge in [-0.2, -0.15) is 0 Å². The first kappa shape index (κ1) is 22.1. The average Bonchev–Trinajstić information content (AvgIpc) is 2.97. The molecule has 0 bridgehead atoms. The zero-order valence-corrected chi connectivity index (χ0v) is 18.4. The molecule has 0 aromatic carbocycles. The van der Waals surface area contributed by atoms with Crippen molar-refractivity contribution in [3.8, 4) is 0 Å². The van der Waals surface area contributed by atoms with Crippen LogP contribution in [0.1, 0.15) is 19.8 Å². The summed E-state index contributed by atoms with van der Waals surface area (Å²) in [6.45, 7) is 7.07. The number of amides is 2. The highest BCUT2D eigenvalue weighted by molar-refractivity contribution is 6.30. The van der Waals surface area contributed by atoms with Gasteiger partial charge in [0.15, 0.2) is 0 Å². The first-order valence-corrected chi connectivity index (χ1v) is 10.5. The van der Waals surface area contributed by atoms with E-state index in [9.17, 15) is 14.7 Å². The summed E-state index contributed by atoms with van der Waals surface area (Å²) in [5.41, 5.74) is 1.33. The summed E-state index contributed by atoms with van der Waals surface area (Å²) in [5, 5.41) is 17.2. The number of carbonyl (C=O) groups excluding carboxylic acids is 2. The standard InChI is InChI=1S/C21H30ClN5O3/c1-5-13-7-16(18(28)8-15(13)22)23-9-19-25(3)12-17(26(19)4)21(30)24-14-10-27(11-14)20(29)6-2/h6,8,12-14,19,23,28H,2,5,7,9-11H2,1,3-4H3,(H,24,30). The monoisotopic (exact) mass is 435 g/mol. The number of carbonyl (C=O) groups is 2. The summed E-state index contributed by atoms with van der Waals surface area (Å²) >= 11 is 6.21. The van der Waals surface area contributed by atoms with E-state index in [1.807, 2.05) is 30.1 Å². The fourth-order valence-corrected chi connectivity index (χ4v) is 4.28. The van der Waals surface area contributed by atoms with E-state index < -0.39 is 0 Å². The molecule has 9 heteroatoms. The third-order valence-corrected chi connectivity index (χ3v) is 6.39. The van der Waals surface area contributed by atoms with Gasteiger partial charge < -0.3 is 30.4 Å². The van der Waals surface area contributed by atoms with E-state index in [-0.39, 0.29) is 35.7 Å². The van der Waals surface area contributed by atoms with E-state index in [0.29, 0.717) is 36.8 Å². The molecule has 0 radical (unpaired) electrons. The highest BCUT2D eigenvalue weighted by atomic mass is 35.5. The average molecular weight is 436 g/mol. The molecule has 1 aliphatic carbocycles. The molecule has 2 aliphatic heterocycles. The second kappa shape index (κ2) is 9.04. The normalized spacial score (nSPS) is 24.3. The molecule has 3 aliphatic rings. The van der Waals surface area contributed by atoms with Gasteiger partial charge >= 0.3 is 0 Å². The summed E-state index contributed by atoms with van der Waals surface area (Å²) in [6.07, 6.45) is 6.20. The first-order chi connectivity index (χ1) is 14.2. The number of halogens is 1. The van der Waals surface area contributed by atoms with E-state index in [1.54, 1.807) is 11.0 Å². The van der Waals surface area contributed by atoms with Gasteiger partial charge in [-0.3, -0.25) is 9.59 Å². The third-order valence-electron chi connectivity index (χ3n) is 5.97. The quantitative estimate of drug-likeness (QED) is 0.525. The van der Waals surface area contributed by atoms with Gasteiger partial charge in [0.25, 0.3) is 5.91 Å². The summed E-state index contributed by atoms with van der Waals surface area (Å²) in [5.74, 6) is 0.0921. The Labute approximate surface area is 182 Å². The van der Waals surface area contributed by atoms with Gasteiger partial charge in [0, 0.05) is 44.3 Å². The van der Waals surface area contributed by atoms with Crippen LogP contribution in [-0.4, -0.2) is 77.6 Å². The summed E-state index contributed by atoms with van der Waals surface area (Å²) in [7, 11) is 3.79. The van der Waals surface area contributed by atoms with E-state index >= 15 is 0 Å². The molecule has 30 heavy (non-hydrogen) atoms. The lowest BCUT2D eigenvalue weighted by atomic mass is 9.94. The Hall–Kier alpha value is -2.61. The number of aliphatic hydroxyl groups excluding tert-OH is 1. The molecule has 2 heterocycles. The van der Waals surface area contributed by atoms with Crippen molar-refractivity contribution < 1.29 is 14.7 Å². The zero-order chi connectivity index (χ0) is 22.0. The van der Waals surface area contributed by atoms with Gasteiger partial charge in [-0.1, -0.05) is 25.1 Å². The lowest BCUT2D eigenvalue weighted by molar-refractivity contribution is -0.132. The number of nitrogens with zero attached hydrogens (tertiary/aromatic N) is 3. The number of likely N-dealkylation sites (tertiary alicyclic amines) is 1. The molecule has 1 saturated heterocycles. The van der Waals surface area contributed by atoms with Crippen LogP contribution in [0.2, 0.25) is 0 Å². The van der Waals surface area contributed by atoms with Crippen LogP contribution in [0, 0.1) is 5.92 Å². The van der Waals surface area contributed by atoms with Gasteiger partial charge in [-0.15, -0.1) is 0 Å². The zero-order valence-electron chi connectivity index (χ0n) is 17.7.